The number of ether oxygens (including phenoxy) is 2. The Morgan fingerprint density at radius 3 is 2.70 bits per heavy atom. The summed E-state index contributed by atoms with van der Waals surface area (Å²) in [6, 6.07) is 18.6. The fourth-order valence-electron chi connectivity index (χ4n) is 5.10. The van der Waals surface area contributed by atoms with E-state index in [1.54, 1.807) is 36.7 Å². The fraction of sp³-hybridized carbons (Fsp3) is 0.212. The van der Waals surface area contributed by atoms with Crippen molar-refractivity contribution in [3.8, 4) is 5.75 Å². The summed E-state index contributed by atoms with van der Waals surface area (Å²) >= 11 is 3.57. The lowest BCUT2D eigenvalue weighted by atomic mass is 9.91. The lowest BCUT2D eigenvalue weighted by Crippen LogP contribution is -2.33. The average Bonchev–Trinajstić information content (AvgIpc) is 3.55. The average molecular weight is 706 g/mol. The molecule has 1 aliphatic heterocycles. The molecule has 1 unspecified atom stereocenters. The molecule has 4 heterocycles. The van der Waals surface area contributed by atoms with E-state index < -0.39 is 15.4 Å². The van der Waals surface area contributed by atoms with E-state index in [1.807, 2.05) is 30.3 Å². The van der Waals surface area contributed by atoms with Crippen LogP contribution in [-0.4, -0.2) is 47.2 Å². The first-order valence-corrected chi connectivity index (χ1v) is 17.0. The standard InChI is InChI=1S/C33H30BrFN6O4S/c34-27-18-25(8-9-29(27)44-21-23-5-3-6-24(35)17-23)41-32-26-19-30(38-20-28(26)39-22-40-32)33(10-4-15-45-33)11-13-36-14-16-46(42,43)31-7-1-2-12-37-31/h1-9,12,15,17-20,22,36H,10-11,13-14,16,21H2,(H,39,40,41). The summed E-state index contributed by atoms with van der Waals surface area (Å²) in [4.78, 5) is 17.6. The molecule has 1 atom stereocenters. The molecule has 0 saturated carbocycles. The largest absolute Gasteiger partial charge is 0.489 e. The zero-order valence-electron chi connectivity index (χ0n) is 24.6. The first kappa shape index (κ1) is 31.5. The second kappa shape index (κ2) is 13.9. The summed E-state index contributed by atoms with van der Waals surface area (Å²) in [5.74, 6) is 0.837. The zero-order chi connectivity index (χ0) is 32.0. The number of nitrogens with one attached hydrogen (secondary N) is 2. The molecular weight excluding hydrogens is 675 g/mol. The van der Waals surface area contributed by atoms with Gasteiger partial charge in [-0.3, -0.25) is 4.98 Å². The predicted octanol–water partition coefficient (Wildman–Crippen LogP) is 6.23. The van der Waals surface area contributed by atoms with Crippen LogP contribution in [0.5, 0.6) is 5.75 Å². The number of hydrogen-bond donors (Lipinski definition) is 2. The number of anilines is 2. The molecule has 0 fully saturated rings. The number of aromatic nitrogens is 4. The molecule has 0 amide bonds. The monoisotopic (exact) mass is 704 g/mol. The summed E-state index contributed by atoms with van der Waals surface area (Å²) in [7, 11) is -3.48. The van der Waals surface area contributed by atoms with E-state index in [9.17, 15) is 12.8 Å². The highest BCUT2D eigenvalue weighted by atomic mass is 79.9. The van der Waals surface area contributed by atoms with Gasteiger partial charge in [0.1, 0.15) is 30.3 Å². The van der Waals surface area contributed by atoms with Crippen molar-refractivity contribution in [2.75, 3.05) is 24.2 Å². The summed E-state index contributed by atoms with van der Waals surface area (Å²) in [6.07, 6.45) is 9.44. The molecule has 10 nitrogen and oxygen atoms in total. The summed E-state index contributed by atoms with van der Waals surface area (Å²) in [5, 5.41) is 7.44. The highest BCUT2D eigenvalue weighted by Gasteiger charge is 2.37. The molecule has 5 aromatic rings. The Bertz CT molecular complexity index is 1970. The van der Waals surface area contributed by atoms with Crippen LogP contribution in [0.25, 0.3) is 10.9 Å². The van der Waals surface area contributed by atoms with Crippen molar-refractivity contribution in [2.45, 2.75) is 30.1 Å². The Balaban J connectivity index is 1.13. The van der Waals surface area contributed by atoms with Crippen molar-refractivity contribution >= 4 is 48.2 Å². The minimum Gasteiger partial charge on any atom is -0.489 e. The van der Waals surface area contributed by atoms with Crippen molar-refractivity contribution in [2.24, 2.45) is 0 Å². The van der Waals surface area contributed by atoms with Gasteiger partial charge in [-0.15, -0.1) is 0 Å². The Morgan fingerprint density at radius 1 is 1.00 bits per heavy atom. The van der Waals surface area contributed by atoms with Gasteiger partial charge in [-0.05, 0) is 82.6 Å². The Hall–Kier alpha value is -4.46. The molecule has 13 heteroatoms. The molecule has 1 aliphatic rings. The van der Waals surface area contributed by atoms with Gasteiger partial charge < -0.3 is 20.1 Å². The van der Waals surface area contributed by atoms with Gasteiger partial charge in [0, 0.05) is 36.7 Å². The number of halogens is 2. The maximum Gasteiger partial charge on any atom is 0.196 e. The number of hydrogen-bond acceptors (Lipinski definition) is 10. The zero-order valence-corrected chi connectivity index (χ0v) is 27.0. The second-order valence-corrected chi connectivity index (χ2v) is 13.6. The quantitative estimate of drug-likeness (QED) is 0.136. The third-order valence-corrected chi connectivity index (χ3v) is 9.75. The first-order chi connectivity index (χ1) is 22.3. The van der Waals surface area contributed by atoms with E-state index in [1.165, 1.54) is 30.7 Å². The molecule has 2 N–H and O–H groups in total. The Morgan fingerprint density at radius 2 is 1.91 bits per heavy atom. The number of pyridine rings is 2. The molecule has 0 aliphatic carbocycles. The van der Waals surface area contributed by atoms with Crippen LogP contribution in [-0.2, 0) is 26.8 Å². The van der Waals surface area contributed by atoms with Crippen LogP contribution < -0.4 is 15.4 Å². The third kappa shape index (κ3) is 7.33. The van der Waals surface area contributed by atoms with Crippen LogP contribution in [0.2, 0.25) is 0 Å². The van der Waals surface area contributed by atoms with E-state index in [-0.39, 0.29) is 29.7 Å². The van der Waals surface area contributed by atoms with Crippen LogP contribution in [0.4, 0.5) is 15.9 Å². The molecule has 46 heavy (non-hydrogen) atoms. The minimum absolute atomic E-state index is 0.0626. The topological polar surface area (TPSA) is 128 Å². The van der Waals surface area contributed by atoms with Gasteiger partial charge in [-0.25, -0.2) is 27.8 Å². The van der Waals surface area contributed by atoms with Gasteiger partial charge in [-0.2, -0.15) is 0 Å². The van der Waals surface area contributed by atoms with Crippen molar-refractivity contribution in [1.82, 2.24) is 25.3 Å². The van der Waals surface area contributed by atoms with Crippen LogP contribution in [0.3, 0.4) is 0 Å². The number of rotatable bonds is 13. The van der Waals surface area contributed by atoms with Crippen LogP contribution >= 0.6 is 15.9 Å². The van der Waals surface area contributed by atoms with Crippen LogP contribution in [0.15, 0.2) is 107 Å². The number of nitrogens with zero attached hydrogens (tertiary/aromatic N) is 4. The maximum atomic E-state index is 13.5. The molecule has 0 bridgehead atoms. The second-order valence-electron chi connectivity index (χ2n) is 10.7. The molecule has 2 aromatic carbocycles. The summed E-state index contributed by atoms with van der Waals surface area (Å²) in [5.41, 5.74) is 2.15. The lowest BCUT2D eigenvalue weighted by molar-refractivity contribution is 0.0288. The molecule has 236 valence electrons. The molecule has 0 spiro atoms. The normalized spacial score (nSPS) is 16.0. The van der Waals surface area contributed by atoms with Gasteiger partial charge in [0.2, 0.25) is 0 Å². The number of fused-ring (bicyclic) bond motifs is 1. The molecule has 0 radical (unpaired) electrons. The highest BCUT2D eigenvalue weighted by molar-refractivity contribution is 9.10. The molecule has 0 saturated heterocycles. The maximum absolute atomic E-state index is 13.5. The first-order valence-electron chi connectivity index (χ1n) is 14.5. The number of benzene rings is 2. The van der Waals surface area contributed by atoms with Gasteiger partial charge >= 0.3 is 0 Å². The van der Waals surface area contributed by atoms with Gasteiger partial charge in [0.25, 0.3) is 0 Å². The predicted molar refractivity (Wildman–Crippen MR) is 176 cm³/mol. The number of sulfone groups is 1. The molecule has 6 rings (SSSR count). The van der Waals surface area contributed by atoms with Gasteiger partial charge in [0.05, 0.1) is 33.9 Å². The Kier molecular flexibility index (Phi) is 9.52. The Labute approximate surface area is 274 Å². The highest BCUT2D eigenvalue weighted by Crippen LogP contribution is 2.38. The van der Waals surface area contributed by atoms with Gasteiger partial charge in [-0.1, -0.05) is 18.2 Å². The van der Waals surface area contributed by atoms with E-state index in [4.69, 9.17) is 14.5 Å². The van der Waals surface area contributed by atoms with Crippen LogP contribution in [0, 0.1) is 5.82 Å². The van der Waals surface area contributed by atoms with E-state index in [2.05, 4.69) is 41.5 Å². The molecule has 3 aromatic heterocycles. The SMILES string of the molecule is O=S(=O)(CCNCCC1(c2cc3c(Nc4ccc(OCc5cccc(F)c5)c(Br)c4)ncnc3cn2)CC=CO1)c1ccccn1. The van der Waals surface area contributed by atoms with Crippen molar-refractivity contribution < 1.29 is 22.3 Å². The van der Waals surface area contributed by atoms with E-state index in [0.717, 1.165) is 21.1 Å². The fourth-order valence-corrected chi connectivity index (χ4v) is 6.73. The van der Waals surface area contributed by atoms with Gasteiger partial charge in [0.15, 0.2) is 20.5 Å². The lowest BCUT2D eigenvalue weighted by Gasteiger charge is -2.28. The summed E-state index contributed by atoms with van der Waals surface area (Å²) < 4.78 is 51.4. The minimum atomic E-state index is -3.48. The van der Waals surface area contributed by atoms with E-state index in [0.29, 0.717) is 42.2 Å². The molecular formula is C33H30BrFN6O4S. The smallest absolute Gasteiger partial charge is 0.196 e. The van der Waals surface area contributed by atoms with Crippen molar-refractivity contribution in [1.29, 1.82) is 0 Å². The third-order valence-electron chi connectivity index (χ3n) is 7.51. The van der Waals surface area contributed by atoms with Crippen molar-refractivity contribution in [3.05, 3.63) is 119 Å². The van der Waals surface area contributed by atoms with Crippen molar-refractivity contribution in [3.63, 3.8) is 0 Å². The van der Waals surface area contributed by atoms with Crippen LogP contribution in [0.1, 0.15) is 24.1 Å². The van der Waals surface area contributed by atoms with E-state index >= 15 is 0 Å². The summed E-state index contributed by atoms with van der Waals surface area (Å²) in [6.45, 7) is 1.02.